The molecule has 5 nitrogen and oxygen atoms in total. The molecule has 0 aromatic carbocycles. The average molecular weight is 246 g/mol. The summed E-state index contributed by atoms with van der Waals surface area (Å²) in [4.78, 5) is 11.1. The number of rotatable bonds is 9. The summed E-state index contributed by atoms with van der Waals surface area (Å²) >= 11 is 0. The third-order valence-electron chi connectivity index (χ3n) is 2.03. The van der Waals surface area contributed by atoms with Gasteiger partial charge in [0.15, 0.2) is 0 Å². The zero-order chi connectivity index (χ0) is 13.3. The van der Waals surface area contributed by atoms with E-state index >= 15 is 0 Å². The summed E-state index contributed by atoms with van der Waals surface area (Å²) in [6.45, 7) is 10.0. The first-order valence-corrected chi connectivity index (χ1v) is 6.11. The van der Waals surface area contributed by atoms with Crippen LogP contribution in [0, 0.1) is 0 Å². The van der Waals surface area contributed by atoms with Crippen LogP contribution in [0.4, 0.5) is 0 Å². The van der Waals surface area contributed by atoms with Gasteiger partial charge in [0.05, 0.1) is 25.4 Å². The first-order valence-electron chi connectivity index (χ1n) is 6.11. The summed E-state index contributed by atoms with van der Waals surface area (Å²) in [5.41, 5.74) is 5.09. The number of primary amides is 1. The predicted molar refractivity (Wildman–Crippen MR) is 67.8 cm³/mol. The molecule has 1 atom stereocenters. The SMILES string of the molecule is CCCNC(COCCOC(C)(C)C)C(N)=O. The minimum atomic E-state index is -0.412. The van der Waals surface area contributed by atoms with Gasteiger partial charge in [0.1, 0.15) is 6.04 Å². The van der Waals surface area contributed by atoms with Crippen molar-refractivity contribution in [3.63, 3.8) is 0 Å². The molecule has 3 N–H and O–H groups in total. The van der Waals surface area contributed by atoms with Crippen LogP contribution in [0.15, 0.2) is 0 Å². The first-order chi connectivity index (χ1) is 7.87. The van der Waals surface area contributed by atoms with Crippen LogP contribution < -0.4 is 11.1 Å². The molecule has 1 unspecified atom stereocenters. The molecule has 102 valence electrons. The zero-order valence-corrected chi connectivity index (χ0v) is 11.4. The van der Waals surface area contributed by atoms with Gasteiger partial charge < -0.3 is 20.5 Å². The van der Waals surface area contributed by atoms with Crippen LogP contribution in [-0.2, 0) is 14.3 Å². The summed E-state index contributed by atoms with van der Waals surface area (Å²) in [5, 5.41) is 3.04. The summed E-state index contributed by atoms with van der Waals surface area (Å²) < 4.78 is 10.9. The molecule has 0 heterocycles. The van der Waals surface area contributed by atoms with Crippen LogP contribution >= 0.6 is 0 Å². The number of hydrogen-bond donors (Lipinski definition) is 2. The van der Waals surface area contributed by atoms with Gasteiger partial charge in [0, 0.05) is 0 Å². The number of carbonyl (C=O) groups excluding carboxylic acids is 1. The molecule has 0 radical (unpaired) electrons. The Hall–Kier alpha value is -0.650. The normalized spacial score (nSPS) is 13.6. The Morgan fingerprint density at radius 3 is 2.47 bits per heavy atom. The molecule has 0 aliphatic heterocycles. The molecule has 5 heteroatoms. The lowest BCUT2D eigenvalue weighted by Gasteiger charge is -2.20. The number of nitrogens with two attached hydrogens (primary N) is 1. The van der Waals surface area contributed by atoms with Crippen molar-refractivity contribution in [1.29, 1.82) is 0 Å². The molecule has 0 aliphatic rings. The summed E-state index contributed by atoms with van der Waals surface area (Å²) in [6, 6.07) is -0.412. The van der Waals surface area contributed by atoms with Crippen molar-refractivity contribution in [2.24, 2.45) is 5.73 Å². The Kier molecular flexibility index (Phi) is 8.12. The zero-order valence-electron chi connectivity index (χ0n) is 11.4. The highest BCUT2D eigenvalue weighted by Gasteiger charge is 2.14. The second-order valence-corrected chi connectivity index (χ2v) is 4.94. The Morgan fingerprint density at radius 2 is 2.00 bits per heavy atom. The van der Waals surface area contributed by atoms with Crippen LogP contribution in [0.1, 0.15) is 34.1 Å². The quantitative estimate of drug-likeness (QED) is 0.587. The molecule has 0 aliphatic carbocycles. The highest BCUT2D eigenvalue weighted by molar-refractivity contribution is 5.79. The topological polar surface area (TPSA) is 73.6 Å². The van der Waals surface area contributed by atoms with Crippen LogP contribution in [0.3, 0.4) is 0 Å². The molecule has 0 fully saturated rings. The van der Waals surface area contributed by atoms with Gasteiger partial charge in [-0.15, -0.1) is 0 Å². The van der Waals surface area contributed by atoms with Crippen molar-refractivity contribution < 1.29 is 14.3 Å². The van der Waals surface area contributed by atoms with E-state index in [0.717, 1.165) is 13.0 Å². The standard InChI is InChI=1S/C12H26N2O3/c1-5-6-14-10(11(13)15)9-16-7-8-17-12(2,3)4/h10,14H,5-9H2,1-4H3,(H2,13,15). The smallest absolute Gasteiger partial charge is 0.236 e. The van der Waals surface area contributed by atoms with Gasteiger partial charge in [0.2, 0.25) is 5.91 Å². The fourth-order valence-electron chi connectivity index (χ4n) is 1.17. The molecule has 0 spiro atoms. The van der Waals surface area contributed by atoms with Gasteiger partial charge in [0.25, 0.3) is 0 Å². The molecule has 0 aromatic rings. The van der Waals surface area contributed by atoms with Gasteiger partial charge in [-0.25, -0.2) is 0 Å². The minimum absolute atomic E-state index is 0.160. The monoisotopic (exact) mass is 246 g/mol. The Morgan fingerprint density at radius 1 is 1.35 bits per heavy atom. The van der Waals surface area contributed by atoms with Crippen molar-refractivity contribution in [1.82, 2.24) is 5.32 Å². The van der Waals surface area contributed by atoms with E-state index in [1.165, 1.54) is 0 Å². The number of nitrogens with one attached hydrogen (secondary N) is 1. The number of carbonyl (C=O) groups is 1. The van der Waals surface area contributed by atoms with E-state index in [1.807, 2.05) is 27.7 Å². The van der Waals surface area contributed by atoms with Crippen molar-refractivity contribution >= 4 is 5.91 Å². The van der Waals surface area contributed by atoms with Crippen molar-refractivity contribution in [3.8, 4) is 0 Å². The molecule has 1 amide bonds. The maximum absolute atomic E-state index is 11.1. The molecule has 17 heavy (non-hydrogen) atoms. The van der Waals surface area contributed by atoms with Crippen molar-refractivity contribution in [2.75, 3.05) is 26.4 Å². The second kappa shape index (κ2) is 8.44. The lowest BCUT2D eigenvalue weighted by Crippen LogP contribution is -2.45. The fraction of sp³-hybridized carbons (Fsp3) is 0.917. The van der Waals surface area contributed by atoms with Gasteiger partial charge in [-0.2, -0.15) is 0 Å². The van der Waals surface area contributed by atoms with Gasteiger partial charge >= 0.3 is 0 Å². The van der Waals surface area contributed by atoms with Gasteiger partial charge in [-0.05, 0) is 33.7 Å². The van der Waals surface area contributed by atoms with E-state index < -0.39 is 6.04 Å². The highest BCUT2D eigenvalue weighted by Crippen LogP contribution is 2.05. The summed E-state index contributed by atoms with van der Waals surface area (Å²) in [5.74, 6) is -0.379. The number of hydrogen-bond acceptors (Lipinski definition) is 4. The molecular weight excluding hydrogens is 220 g/mol. The molecule has 0 saturated heterocycles. The van der Waals surface area contributed by atoms with E-state index in [4.69, 9.17) is 15.2 Å². The minimum Gasteiger partial charge on any atom is -0.377 e. The molecule has 0 bridgehead atoms. The Labute approximate surface area is 104 Å². The predicted octanol–water partition coefficient (Wildman–Crippen LogP) is 0.672. The van der Waals surface area contributed by atoms with E-state index in [2.05, 4.69) is 5.32 Å². The summed E-state index contributed by atoms with van der Waals surface area (Å²) in [7, 11) is 0. The second-order valence-electron chi connectivity index (χ2n) is 4.94. The third kappa shape index (κ3) is 10.2. The summed E-state index contributed by atoms with van der Waals surface area (Å²) in [6.07, 6.45) is 0.955. The van der Waals surface area contributed by atoms with E-state index in [9.17, 15) is 4.79 Å². The maximum atomic E-state index is 11.1. The number of amides is 1. The first kappa shape index (κ1) is 16.4. The van der Waals surface area contributed by atoms with Crippen LogP contribution in [0.25, 0.3) is 0 Å². The average Bonchev–Trinajstić information content (AvgIpc) is 2.20. The largest absolute Gasteiger partial charge is 0.377 e. The van der Waals surface area contributed by atoms with Crippen LogP contribution in [0.5, 0.6) is 0 Å². The van der Waals surface area contributed by atoms with Crippen LogP contribution in [0.2, 0.25) is 0 Å². The molecule has 0 aromatic heterocycles. The molecule has 0 rings (SSSR count). The van der Waals surface area contributed by atoms with Crippen LogP contribution in [-0.4, -0.2) is 43.9 Å². The highest BCUT2D eigenvalue weighted by atomic mass is 16.5. The molecular formula is C12H26N2O3. The fourth-order valence-corrected chi connectivity index (χ4v) is 1.17. The van der Waals surface area contributed by atoms with E-state index in [0.29, 0.717) is 19.8 Å². The van der Waals surface area contributed by atoms with E-state index in [-0.39, 0.29) is 11.5 Å². The lowest BCUT2D eigenvalue weighted by molar-refractivity contribution is -0.122. The van der Waals surface area contributed by atoms with Gasteiger partial charge in [-0.3, -0.25) is 4.79 Å². The Bertz CT molecular complexity index is 214. The van der Waals surface area contributed by atoms with E-state index in [1.54, 1.807) is 0 Å². The van der Waals surface area contributed by atoms with Crippen molar-refractivity contribution in [3.05, 3.63) is 0 Å². The van der Waals surface area contributed by atoms with Crippen molar-refractivity contribution in [2.45, 2.75) is 45.8 Å². The lowest BCUT2D eigenvalue weighted by atomic mass is 10.2. The maximum Gasteiger partial charge on any atom is 0.236 e. The van der Waals surface area contributed by atoms with Gasteiger partial charge in [-0.1, -0.05) is 6.92 Å². The Balaban J connectivity index is 3.65. The third-order valence-corrected chi connectivity index (χ3v) is 2.03. The molecule has 0 saturated carbocycles. The number of ether oxygens (including phenoxy) is 2.